The number of carboxylic acids is 1. The van der Waals surface area contributed by atoms with Crippen LogP contribution in [0.1, 0.15) is 28.9 Å². The summed E-state index contributed by atoms with van der Waals surface area (Å²) in [5.41, 5.74) is 7.07. The molecule has 0 radical (unpaired) electrons. The molecule has 0 saturated heterocycles. The number of carbonyl (C=O) groups is 1. The number of pyridine rings is 1. The van der Waals surface area contributed by atoms with E-state index in [1.165, 1.54) is 18.2 Å². The van der Waals surface area contributed by atoms with Crippen molar-refractivity contribution in [2.24, 2.45) is 0 Å². The molecule has 0 saturated carbocycles. The minimum Gasteiger partial charge on any atom is -0.482 e. The first kappa shape index (κ1) is 19.3. The Morgan fingerprint density at radius 1 is 1.23 bits per heavy atom. The second kappa shape index (κ2) is 7.43. The number of fused-ring (bicyclic) bond motifs is 1. The second-order valence-electron chi connectivity index (χ2n) is 6.62. The number of ether oxygens (including phenoxy) is 1. The van der Waals surface area contributed by atoms with Crippen molar-refractivity contribution >= 4 is 22.7 Å². The van der Waals surface area contributed by atoms with Crippen LogP contribution >= 0.6 is 0 Å². The van der Waals surface area contributed by atoms with Gasteiger partial charge in [-0.05, 0) is 43.3 Å². The van der Waals surface area contributed by atoms with E-state index in [0.29, 0.717) is 11.3 Å². The van der Waals surface area contributed by atoms with Crippen LogP contribution in [0.5, 0.6) is 5.75 Å². The number of anilines is 1. The van der Waals surface area contributed by atoms with Crippen LogP contribution in [0.2, 0.25) is 0 Å². The van der Waals surface area contributed by atoms with Gasteiger partial charge in [0.05, 0.1) is 11.3 Å². The number of rotatable bonds is 5. The third-order valence-electron chi connectivity index (χ3n) is 4.60. The van der Waals surface area contributed by atoms with Crippen LogP contribution in [0.15, 0.2) is 54.9 Å². The quantitative estimate of drug-likeness (QED) is 0.513. The van der Waals surface area contributed by atoms with Gasteiger partial charge in [-0.2, -0.15) is 5.10 Å². The van der Waals surface area contributed by atoms with Gasteiger partial charge in [-0.3, -0.25) is 0 Å². The molecule has 7 nitrogen and oxygen atoms in total. The molecule has 2 aromatic carbocycles. The fourth-order valence-electron chi connectivity index (χ4n) is 3.19. The summed E-state index contributed by atoms with van der Waals surface area (Å²) in [5, 5.41) is 13.7. The number of carboxylic acid groups (broad SMARTS) is 1. The SMILES string of the molecule is CC(Oc1cc2cc(F)cc(F)c2nc1N)c1cc(C(=O)O)ccc1-n1cccn1. The highest BCUT2D eigenvalue weighted by atomic mass is 19.1. The molecule has 152 valence electrons. The molecule has 0 amide bonds. The van der Waals surface area contributed by atoms with Crippen molar-refractivity contribution in [3.63, 3.8) is 0 Å². The molecule has 30 heavy (non-hydrogen) atoms. The lowest BCUT2D eigenvalue weighted by Crippen LogP contribution is -2.12. The van der Waals surface area contributed by atoms with Gasteiger partial charge in [0.2, 0.25) is 0 Å². The van der Waals surface area contributed by atoms with Crippen molar-refractivity contribution in [1.29, 1.82) is 0 Å². The average Bonchev–Trinajstić information content (AvgIpc) is 3.23. The van der Waals surface area contributed by atoms with Gasteiger partial charge in [-0.25, -0.2) is 23.2 Å². The molecule has 0 aliphatic rings. The lowest BCUT2D eigenvalue weighted by atomic mass is 10.0. The minimum atomic E-state index is -1.09. The van der Waals surface area contributed by atoms with Crippen LogP contribution in [0.25, 0.3) is 16.6 Å². The van der Waals surface area contributed by atoms with Crippen molar-refractivity contribution in [2.75, 3.05) is 5.73 Å². The molecule has 9 heteroatoms. The monoisotopic (exact) mass is 410 g/mol. The number of nitrogens with zero attached hydrogens (tertiary/aromatic N) is 3. The van der Waals surface area contributed by atoms with Crippen molar-refractivity contribution < 1.29 is 23.4 Å². The van der Waals surface area contributed by atoms with E-state index in [1.807, 2.05) is 0 Å². The van der Waals surface area contributed by atoms with E-state index in [1.54, 1.807) is 36.1 Å². The summed E-state index contributed by atoms with van der Waals surface area (Å²) in [6, 6.07) is 9.55. The number of nitrogen functional groups attached to an aromatic ring is 1. The molecule has 0 fully saturated rings. The zero-order valence-corrected chi connectivity index (χ0v) is 15.7. The minimum absolute atomic E-state index is 0.0704. The molecule has 0 bridgehead atoms. The van der Waals surface area contributed by atoms with E-state index in [4.69, 9.17) is 10.5 Å². The van der Waals surface area contributed by atoms with Crippen LogP contribution in [0.4, 0.5) is 14.6 Å². The fourth-order valence-corrected chi connectivity index (χ4v) is 3.19. The molecule has 3 N–H and O–H groups in total. The Balaban J connectivity index is 1.77. The summed E-state index contributed by atoms with van der Waals surface area (Å²) in [6.45, 7) is 1.70. The normalized spacial score (nSPS) is 12.1. The number of nitrogens with two attached hydrogens (primary N) is 1. The zero-order valence-electron chi connectivity index (χ0n) is 15.7. The Morgan fingerprint density at radius 2 is 2.03 bits per heavy atom. The Hall–Kier alpha value is -4.01. The standard InChI is InChI=1S/C21H16F2N4O3/c1-11(15-8-12(21(28)29)3-4-17(15)27-6-2-5-25-27)30-18-9-13-7-14(22)10-16(23)19(13)26-20(18)24/h2-11H,1H3,(H2,24,26)(H,28,29). The molecule has 4 aromatic rings. The summed E-state index contributed by atoms with van der Waals surface area (Å²) in [5.74, 6) is -2.62. The lowest BCUT2D eigenvalue weighted by Gasteiger charge is -2.20. The molecule has 1 unspecified atom stereocenters. The predicted molar refractivity (Wildman–Crippen MR) is 106 cm³/mol. The highest BCUT2D eigenvalue weighted by molar-refractivity contribution is 5.88. The lowest BCUT2D eigenvalue weighted by molar-refractivity contribution is 0.0696. The second-order valence-corrected chi connectivity index (χ2v) is 6.62. The van der Waals surface area contributed by atoms with Crippen LogP contribution in [0.3, 0.4) is 0 Å². The van der Waals surface area contributed by atoms with Gasteiger partial charge in [0, 0.05) is 29.4 Å². The van der Waals surface area contributed by atoms with Gasteiger partial charge in [0.25, 0.3) is 0 Å². The Morgan fingerprint density at radius 3 is 2.73 bits per heavy atom. The first-order valence-electron chi connectivity index (χ1n) is 8.92. The number of halogens is 2. The number of aromatic nitrogens is 3. The highest BCUT2D eigenvalue weighted by Gasteiger charge is 2.19. The number of benzene rings is 2. The smallest absolute Gasteiger partial charge is 0.335 e. The molecule has 0 aliphatic carbocycles. The van der Waals surface area contributed by atoms with E-state index in [0.717, 1.165) is 12.1 Å². The fraction of sp³-hybridized carbons (Fsp3) is 0.0952. The maximum atomic E-state index is 14.0. The molecular formula is C21H16F2N4O3. The van der Waals surface area contributed by atoms with Gasteiger partial charge in [0.1, 0.15) is 17.4 Å². The highest BCUT2D eigenvalue weighted by Crippen LogP contribution is 2.33. The maximum absolute atomic E-state index is 14.0. The summed E-state index contributed by atoms with van der Waals surface area (Å²) in [6.07, 6.45) is 2.63. The summed E-state index contributed by atoms with van der Waals surface area (Å²) in [4.78, 5) is 15.4. The Labute approximate surface area is 169 Å². The molecule has 1 atom stereocenters. The third kappa shape index (κ3) is 3.52. The van der Waals surface area contributed by atoms with Crippen molar-refractivity contribution in [1.82, 2.24) is 14.8 Å². The van der Waals surface area contributed by atoms with Gasteiger partial charge in [0.15, 0.2) is 17.4 Å². The molecular weight excluding hydrogens is 394 g/mol. The van der Waals surface area contributed by atoms with E-state index in [-0.39, 0.29) is 28.0 Å². The third-order valence-corrected chi connectivity index (χ3v) is 4.60. The topological polar surface area (TPSA) is 103 Å². The molecule has 0 spiro atoms. The Kier molecular flexibility index (Phi) is 4.78. The van der Waals surface area contributed by atoms with Crippen LogP contribution in [-0.4, -0.2) is 25.8 Å². The number of hydrogen-bond donors (Lipinski definition) is 2. The van der Waals surface area contributed by atoms with Crippen LogP contribution < -0.4 is 10.5 Å². The van der Waals surface area contributed by atoms with Gasteiger partial charge in [-0.1, -0.05) is 0 Å². The van der Waals surface area contributed by atoms with Crippen molar-refractivity contribution in [3.05, 3.63) is 77.6 Å². The molecule has 2 heterocycles. The largest absolute Gasteiger partial charge is 0.482 e. The van der Waals surface area contributed by atoms with Crippen LogP contribution in [-0.2, 0) is 0 Å². The molecule has 4 rings (SSSR count). The van der Waals surface area contributed by atoms with Gasteiger partial charge in [-0.15, -0.1) is 0 Å². The van der Waals surface area contributed by atoms with Crippen molar-refractivity contribution in [3.8, 4) is 11.4 Å². The van der Waals surface area contributed by atoms with E-state index in [2.05, 4.69) is 10.1 Å². The summed E-state index contributed by atoms with van der Waals surface area (Å²) in [7, 11) is 0. The summed E-state index contributed by atoms with van der Waals surface area (Å²) >= 11 is 0. The van der Waals surface area contributed by atoms with Crippen molar-refractivity contribution in [2.45, 2.75) is 13.0 Å². The maximum Gasteiger partial charge on any atom is 0.335 e. The van der Waals surface area contributed by atoms with E-state index < -0.39 is 23.7 Å². The number of hydrogen-bond acceptors (Lipinski definition) is 5. The summed E-state index contributed by atoms with van der Waals surface area (Å²) < 4.78 is 35.0. The van der Waals surface area contributed by atoms with E-state index >= 15 is 0 Å². The van der Waals surface area contributed by atoms with Gasteiger partial charge < -0.3 is 15.6 Å². The Bertz CT molecular complexity index is 1260. The van der Waals surface area contributed by atoms with Gasteiger partial charge >= 0.3 is 5.97 Å². The first-order valence-corrected chi connectivity index (χ1v) is 8.92. The van der Waals surface area contributed by atoms with E-state index in [9.17, 15) is 18.7 Å². The molecule has 2 aromatic heterocycles. The zero-order chi connectivity index (χ0) is 21.4. The number of aromatic carboxylic acids is 1. The molecule has 0 aliphatic heterocycles. The average molecular weight is 410 g/mol. The van der Waals surface area contributed by atoms with Crippen LogP contribution in [0, 0.1) is 11.6 Å². The predicted octanol–water partition coefficient (Wildman–Crippen LogP) is 4.12. The first-order chi connectivity index (χ1) is 14.3.